The monoisotopic (exact) mass is 382 g/mol. The quantitative estimate of drug-likeness (QED) is 0.802. The Kier molecular flexibility index (Phi) is 4.99. The molecule has 2 aromatic carbocycles. The van der Waals surface area contributed by atoms with E-state index in [1.165, 1.54) is 0 Å². The Balaban J connectivity index is 1.93. The molecule has 0 aliphatic rings. The molecular weight excluding hydrogens is 372 g/mol. The van der Waals surface area contributed by atoms with E-state index in [1.54, 1.807) is 0 Å². The average molecular weight is 384 g/mol. The van der Waals surface area contributed by atoms with Crippen molar-refractivity contribution in [1.29, 1.82) is 0 Å². The van der Waals surface area contributed by atoms with Gasteiger partial charge in [0.15, 0.2) is 0 Å². The van der Waals surface area contributed by atoms with Crippen molar-refractivity contribution >= 4 is 43.6 Å². The molecule has 0 bridgehead atoms. The molecular formula is C14H12Br2N2O. The van der Waals surface area contributed by atoms with Gasteiger partial charge in [0.05, 0.1) is 5.69 Å². The third-order valence-corrected chi connectivity index (χ3v) is 3.66. The second-order valence-electron chi connectivity index (χ2n) is 3.92. The number of nitrogens with one attached hydrogen (secondary N) is 2. The SMILES string of the molecule is O=C(NCc1ccccc1)Nc1cc(Br)ccc1Br. The minimum atomic E-state index is -0.234. The van der Waals surface area contributed by atoms with Crippen LogP contribution in [-0.2, 0) is 6.54 Å². The molecule has 0 aliphatic heterocycles. The maximum absolute atomic E-state index is 11.8. The molecule has 3 nitrogen and oxygen atoms in total. The van der Waals surface area contributed by atoms with E-state index in [-0.39, 0.29) is 6.03 Å². The topological polar surface area (TPSA) is 41.1 Å². The molecule has 98 valence electrons. The normalized spacial score (nSPS) is 10.0. The molecule has 0 fully saturated rings. The lowest BCUT2D eigenvalue weighted by Gasteiger charge is -2.09. The Hall–Kier alpha value is -1.33. The van der Waals surface area contributed by atoms with Gasteiger partial charge in [-0.2, -0.15) is 0 Å². The Bertz CT molecular complexity index is 573. The van der Waals surface area contributed by atoms with Gasteiger partial charge in [-0.05, 0) is 39.7 Å². The van der Waals surface area contributed by atoms with Gasteiger partial charge in [0.2, 0.25) is 0 Å². The summed E-state index contributed by atoms with van der Waals surface area (Å²) in [6.07, 6.45) is 0. The minimum Gasteiger partial charge on any atom is -0.334 e. The summed E-state index contributed by atoms with van der Waals surface area (Å²) < 4.78 is 1.75. The predicted octanol–water partition coefficient (Wildman–Crippen LogP) is 4.53. The number of amides is 2. The summed E-state index contributed by atoms with van der Waals surface area (Å²) in [7, 11) is 0. The Morgan fingerprint density at radius 3 is 2.53 bits per heavy atom. The summed E-state index contributed by atoms with van der Waals surface area (Å²) >= 11 is 6.76. The van der Waals surface area contributed by atoms with Crippen LogP contribution >= 0.6 is 31.9 Å². The Labute approximate surface area is 128 Å². The first-order valence-electron chi connectivity index (χ1n) is 5.69. The van der Waals surface area contributed by atoms with E-state index in [0.29, 0.717) is 6.54 Å². The van der Waals surface area contributed by atoms with Gasteiger partial charge >= 0.3 is 6.03 Å². The van der Waals surface area contributed by atoms with E-state index in [9.17, 15) is 4.79 Å². The molecule has 0 spiro atoms. The molecule has 0 saturated heterocycles. The molecule has 0 aromatic heterocycles. The van der Waals surface area contributed by atoms with E-state index in [2.05, 4.69) is 42.5 Å². The van der Waals surface area contributed by atoms with Crippen LogP contribution in [0.25, 0.3) is 0 Å². The van der Waals surface area contributed by atoms with Crippen molar-refractivity contribution in [2.24, 2.45) is 0 Å². The van der Waals surface area contributed by atoms with Crippen LogP contribution in [0.4, 0.5) is 10.5 Å². The van der Waals surface area contributed by atoms with Gasteiger partial charge in [0, 0.05) is 15.5 Å². The number of rotatable bonds is 3. The molecule has 2 aromatic rings. The van der Waals surface area contributed by atoms with Crippen molar-refractivity contribution in [2.75, 3.05) is 5.32 Å². The molecule has 2 amide bonds. The molecule has 0 unspecified atom stereocenters. The van der Waals surface area contributed by atoms with Crippen LogP contribution in [0.3, 0.4) is 0 Å². The summed E-state index contributed by atoms with van der Waals surface area (Å²) in [5.74, 6) is 0. The molecule has 5 heteroatoms. The summed E-state index contributed by atoms with van der Waals surface area (Å²) in [6, 6.07) is 15.1. The van der Waals surface area contributed by atoms with Crippen LogP contribution in [0.5, 0.6) is 0 Å². The van der Waals surface area contributed by atoms with E-state index >= 15 is 0 Å². The smallest absolute Gasteiger partial charge is 0.319 e. The number of hydrogen-bond donors (Lipinski definition) is 2. The Morgan fingerprint density at radius 1 is 1.05 bits per heavy atom. The minimum absolute atomic E-state index is 0.234. The molecule has 0 atom stereocenters. The van der Waals surface area contributed by atoms with Gasteiger partial charge in [0.25, 0.3) is 0 Å². The van der Waals surface area contributed by atoms with Gasteiger partial charge in [-0.3, -0.25) is 0 Å². The zero-order valence-electron chi connectivity index (χ0n) is 9.99. The van der Waals surface area contributed by atoms with E-state index < -0.39 is 0 Å². The predicted molar refractivity (Wildman–Crippen MR) is 84.1 cm³/mol. The maximum atomic E-state index is 11.8. The number of halogens is 2. The first kappa shape index (κ1) is 14.1. The summed E-state index contributed by atoms with van der Waals surface area (Å²) in [6.45, 7) is 0.498. The van der Waals surface area contributed by atoms with Gasteiger partial charge < -0.3 is 10.6 Å². The van der Waals surface area contributed by atoms with E-state index in [1.807, 2.05) is 48.5 Å². The molecule has 0 saturated carbocycles. The zero-order valence-corrected chi connectivity index (χ0v) is 13.2. The summed E-state index contributed by atoms with van der Waals surface area (Å²) in [5, 5.41) is 5.60. The molecule has 2 rings (SSSR count). The molecule has 0 aliphatic carbocycles. The average Bonchev–Trinajstić information content (AvgIpc) is 2.42. The van der Waals surface area contributed by atoms with Crippen LogP contribution in [0.2, 0.25) is 0 Å². The fraction of sp³-hybridized carbons (Fsp3) is 0.0714. The lowest BCUT2D eigenvalue weighted by molar-refractivity contribution is 0.251. The van der Waals surface area contributed by atoms with Gasteiger partial charge in [0.1, 0.15) is 0 Å². The molecule has 19 heavy (non-hydrogen) atoms. The fourth-order valence-electron chi connectivity index (χ4n) is 1.54. The first-order valence-corrected chi connectivity index (χ1v) is 7.27. The van der Waals surface area contributed by atoms with Crippen molar-refractivity contribution < 1.29 is 4.79 Å². The third-order valence-electron chi connectivity index (χ3n) is 2.47. The highest BCUT2D eigenvalue weighted by atomic mass is 79.9. The van der Waals surface area contributed by atoms with Crippen LogP contribution in [0, 0.1) is 0 Å². The highest BCUT2D eigenvalue weighted by molar-refractivity contribution is 9.11. The van der Waals surface area contributed by atoms with E-state index in [4.69, 9.17) is 0 Å². The van der Waals surface area contributed by atoms with E-state index in [0.717, 1.165) is 20.2 Å². The lowest BCUT2D eigenvalue weighted by atomic mass is 10.2. The largest absolute Gasteiger partial charge is 0.334 e. The molecule has 0 radical (unpaired) electrons. The van der Waals surface area contributed by atoms with Crippen LogP contribution in [-0.4, -0.2) is 6.03 Å². The van der Waals surface area contributed by atoms with Gasteiger partial charge in [-0.1, -0.05) is 46.3 Å². The first-order chi connectivity index (χ1) is 9.15. The number of carbonyl (C=O) groups is 1. The third kappa shape index (κ3) is 4.36. The van der Waals surface area contributed by atoms with Crippen molar-refractivity contribution in [3.8, 4) is 0 Å². The fourth-order valence-corrected chi connectivity index (χ4v) is 2.24. The van der Waals surface area contributed by atoms with Crippen molar-refractivity contribution in [3.05, 3.63) is 63.0 Å². The van der Waals surface area contributed by atoms with Gasteiger partial charge in [-0.15, -0.1) is 0 Å². The molecule has 2 N–H and O–H groups in total. The van der Waals surface area contributed by atoms with Crippen LogP contribution in [0.15, 0.2) is 57.5 Å². The highest BCUT2D eigenvalue weighted by Crippen LogP contribution is 2.25. The molecule has 0 heterocycles. The van der Waals surface area contributed by atoms with Crippen molar-refractivity contribution in [2.45, 2.75) is 6.54 Å². The van der Waals surface area contributed by atoms with Crippen LogP contribution < -0.4 is 10.6 Å². The highest BCUT2D eigenvalue weighted by Gasteiger charge is 2.05. The summed E-state index contributed by atoms with van der Waals surface area (Å²) in [4.78, 5) is 11.8. The number of carbonyl (C=O) groups excluding carboxylic acids is 1. The van der Waals surface area contributed by atoms with Crippen molar-refractivity contribution in [3.63, 3.8) is 0 Å². The second-order valence-corrected chi connectivity index (χ2v) is 5.69. The Morgan fingerprint density at radius 2 is 1.79 bits per heavy atom. The van der Waals surface area contributed by atoms with Gasteiger partial charge in [-0.25, -0.2) is 4.79 Å². The zero-order chi connectivity index (χ0) is 13.7. The second kappa shape index (κ2) is 6.73. The number of urea groups is 1. The maximum Gasteiger partial charge on any atom is 0.319 e. The summed E-state index contributed by atoms with van der Waals surface area (Å²) in [5.41, 5.74) is 1.78. The lowest BCUT2D eigenvalue weighted by Crippen LogP contribution is -2.28. The van der Waals surface area contributed by atoms with Crippen molar-refractivity contribution in [1.82, 2.24) is 5.32 Å². The number of benzene rings is 2. The number of anilines is 1. The van der Waals surface area contributed by atoms with Crippen LogP contribution in [0.1, 0.15) is 5.56 Å². The number of hydrogen-bond acceptors (Lipinski definition) is 1. The standard InChI is InChI=1S/C14H12Br2N2O/c15-11-6-7-12(16)13(8-11)18-14(19)17-9-10-4-2-1-3-5-10/h1-8H,9H2,(H2,17,18,19).